The van der Waals surface area contributed by atoms with Crippen molar-refractivity contribution in [3.63, 3.8) is 0 Å². The van der Waals surface area contributed by atoms with E-state index in [-0.39, 0.29) is 12.7 Å². The number of hydrogen-bond acceptors (Lipinski definition) is 2. The number of aliphatic hydroxyl groups excluding tert-OH is 1. The Hall–Kier alpha value is -1.02. The third-order valence-electron chi connectivity index (χ3n) is 3.25. The van der Waals surface area contributed by atoms with Crippen LogP contribution in [0.1, 0.15) is 50.7 Å². The van der Waals surface area contributed by atoms with Crippen LogP contribution in [0.2, 0.25) is 0 Å². The molecule has 1 aromatic rings. The number of rotatable bonds is 6. The average molecular weight is 236 g/mol. The largest absolute Gasteiger partial charge is 0.491 e. The fourth-order valence-corrected chi connectivity index (χ4v) is 1.94. The smallest absolute Gasteiger partial charge is 0.119 e. The third-order valence-corrected chi connectivity index (χ3v) is 3.25. The lowest BCUT2D eigenvalue weighted by Crippen LogP contribution is -2.10. The third kappa shape index (κ3) is 4.04. The van der Waals surface area contributed by atoms with Crippen molar-refractivity contribution in [3.8, 4) is 5.75 Å². The molecule has 0 saturated carbocycles. The van der Waals surface area contributed by atoms with E-state index in [4.69, 9.17) is 9.84 Å². The molecule has 1 N–H and O–H groups in total. The van der Waals surface area contributed by atoms with Crippen LogP contribution < -0.4 is 4.74 Å². The molecule has 0 bridgehead atoms. The lowest BCUT2D eigenvalue weighted by molar-refractivity contribution is 0.217. The molecule has 0 amide bonds. The Morgan fingerprint density at radius 3 is 2.53 bits per heavy atom. The van der Waals surface area contributed by atoms with Crippen molar-refractivity contribution in [2.45, 2.75) is 52.6 Å². The molecule has 17 heavy (non-hydrogen) atoms. The van der Waals surface area contributed by atoms with Crippen LogP contribution in [0.3, 0.4) is 0 Å². The molecule has 0 radical (unpaired) electrons. The minimum atomic E-state index is 0.242. The summed E-state index contributed by atoms with van der Waals surface area (Å²) in [6.07, 6.45) is 2.09. The van der Waals surface area contributed by atoms with Gasteiger partial charge >= 0.3 is 0 Å². The van der Waals surface area contributed by atoms with E-state index in [0.717, 1.165) is 18.6 Å². The Balaban J connectivity index is 2.78. The molecule has 0 aromatic heterocycles. The second kappa shape index (κ2) is 6.65. The predicted octanol–water partition coefficient (Wildman–Crippen LogP) is 3.66. The summed E-state index contributed by atoms with van der Waals surface area (Å²) in [5, 5.41) is 8.97. The van der Waals surface area contributed by atoms with E-state index in [1.807, 2.05) is 6.07 Å². The van der Waals surface area contributed by atoms with Gasteiger partial charge in [-0.2, -0.15) is 0 Å². The molecule has 2 unspecified atom stereocenters. The number of aryl methyl sites for hydroxylation is 1. The first-order chi connectivity index (χ1) is 8.08. The highest BCUT2D eigenvalue weighted by Crippen LogP contribution is 2.26. The molecule has 2 nitrogen and oxygen atoms in total. The summed E-state index contributed by atoms with van der Waals surface area (Å²) in [5.41, 5.74) is 2.54. The van der Waals surface area contributed by atoms with Crippen molar-refractivity contribution >= 4 is 0 Å². The number of hydrogen-bond donors (Lipinski definition) is 1. The van der Waals surface area contributed by atoms with Crippen molar-refractivity contribution in [1.82, 2.24) is 0 Å². The predicted molar refractivity (Wildman–Crippen MR) is 71.7 cm³/mol. The monoisotopic (exact) mass is 236 g/mol. The Bertz CT molecular complexity index is 347. The van der Waals surface area contributed by atoms with Gasteiger partial charge in [0.15, 0.2) is 0 Å². The second-order valence-electron chi connectivity index (χ2n) is 4.77. The zero-order valence-electron chi connectivity index (χ0n) is 11.4. The van der Waals surface area contributed by atoms with Crippen LogP contribution >= 0.6 is 0 Å². The highest BCUT2D eigenvalue weighted by atomic mass is 16.5. The Labute approximate surface area is 105 Å². The van der Waals surface area contributed by atoms with Crippen molar-refractivity contribution in [2.24, 2.45) is 0 Å². The van der Waals surface area contributed by atoms with Crippen LogP contribution in [0.15, 0.2) is 18.2 Å². The molecule has 96 valence electrons. The SMILES string of the molecule is CCC(C)Oc1ccc(C(C)CCO)c(C)c1. The Kier molecular flexibility index (Phi) is 5.49. The van der Waals surface area contributed by atoms with Crippen LogP contribution in [-0.2, 0) is 0 Å². The van der Waals surface area contributed by atoms with E-state index in [2.05, 4.69) is 39.8 Å². The lowest BCUT2D eigenvalue weighted by atomic mass is 9.94. The number of ether oxygens (including phenoxy) is 1. The van der Waals surface area contributed by atoms with E-state index < -0.39 is 0 Å². The van der Waals surface area contributed by atoms with E-state index in [0.29, 0.717) is 5.92 Å². The molecule has 0 spiro atoms. The fourth-order valence-electron chi connectivity index (χ4n) is 1.94. The highest BCUT2D eigenvalue weighted by Gasteiger charge is 2.09. The quantitative estimate of drug-likeness (QED) is 0.816. The molecular formula is C15H24O2. The molecular weight excluding hydrogens is 212 g/mol. The van der Waals surface area contributed by atoms with Gasteiger partial charge in [0.25, 0.3) is 0 Å². The maximum atomic E-state index is 8.97. The van der Waals surface area contributed by atoms with Crippen molar-refractivity contribution in [3.05, 3.63) is 29.3 Å². The van der Waals surface area contributed by atoms with Crippen LogP contribution in [0, 0.1) is 6.92 Å². The molecule has 0 aliphatic rings. The van der Waals surface area contributed by atoms with Gasteiger partial charge in [0.05, 0.1) is 6.10 Å². The molecule has 0 aliphatic carbocycles. The summed E-state index contributed by atoms with van der Waals surface area (Å²) in [4.78, 5) is 0. The normalized spacial score (nSPS) is 14.4. The lowest BCUT2D eigenvalue weighted by Gasteiger charge is -2.17. The van der Waals surface area contributed by atoms with E-state index in [1.165, 1.54) is 11.1 Å². The highest BCUT2D eigenvalue weighted by molar-refractivity contribution is 5.36. The van der Waals surface area contributed by atoms with Gasteiger partial charge in [-0.05, 0) is 55.9 Å². The van der Waals surface area contributed by atoms with Crippen LogP contribution in [0.5, 0.6) is 5.75 Å². The van der Waals surface area contributed by atoms with Gasteiger partial charge in [-0.25, -0.2) is 0 Å². The van der Waals surface area contributed by atoms with Crippen LogP contribution in [0.4, 0.5) is 0 Å². The Morgan fingerprint density at radius 2 is 2.00 bits per heavy atom. The van der Waals surface area contributed by atoms with Gasteiger partial charge in [-0.15, -0.1) is 0 Å². The molecule has 2 atom stereocenters. The maximum absolute atomic E-state index is 8.97. The zero-order chi connectivity index (χ0) is 12.8. The summed E-state index contributed by atoms with van der Waals surface area (Å²) in [6.45, 7) is 8.69. The van der Waals surface area contributed by atoms with Crippen molar-refractivity contribution in [1.29, 1.82) is 0 Å². The molecule has 0 fully saturated rings. The maximum Gasteiger partial charge on any atom is 0.119 e. The Morgan fingerprint density at radius 1 is 1.29 bits per heavy atom. The molecule has 0 heterocycles. The minimum Gasteiger partial charge on any atom is -0.491 e. The van der Waals surface area contributed by atoms with E-state index in [1.54, 1.807) is 0 Å². The van der Waals surface area contributed by atoms with Gasteiger partial charge in [0.1, 0.15) is 5.75 Å². The summed E-state index contributed by atoms with van der Waals surface area (Å²) in [5.74, 6) is 1.34. The minimum absolute atomic E-state index is 0.242. The zero-order valence-corrected chi connectivity index (χ0v) is 11.4. The first-order valence-electron chi connectivity index (χ1n) is 6.46. The van der Waals surface area contributed by atoms with Gasteiger partial charge in [-0.1, -0.05) is 19.9 Å². The molecule has 2 heteroatoms. The van der Waals surface area contributed by atoms with Gasteiger partial charge in [-0.3, -0.25) is 0 Å². The second-order valence-corrected chi connectivity index (χ2v) is 4.77. The fraction of sp³-hybridized carbons (Fsp3) is 0.600. The molecule has 1 rings (SSSR count). The summed E-state index contributed by atoms with van der Waals surface area (Å²) >= 11 is 0. The topological polar surface area (TPSA) is 29.5 Å². The number of aliphatic hydroxyl groups is 1. The van der Waals surface area contributed by atoms with E-state index in [9.17, 15) is 0 Å². The van der Waals surface area contributed by atoms with E-state index >= 15 is 0 Å². The van der Waals surface area contributed by atoms with Crippen molar-refractivity contribution in [2.75, 3.05) is 6.61 Å². The number of benzene rings is 1. The summed E-state index contributed by atoms with van der Waals surface area (Å²) < 4.78 is 5.79. The van der Waals surface area contributed by atoms with Gasteiger partial charge in [0.2, 0.25) is 0 Å². The molecule has 0 aliphatic heterocycles. The average Bonchev–Trinajstić information content (AvgIpc) is 2.29. The van der Waals surface area contributed by atoms with Crippen LogP contribution in [0.25, 0.3) is 0 Å². The summed E-state index contributed by atoms with van der Waals surface area (Å²) in [7, 11) is 0. The van der Waals surface area contributed by atoms with Gasteiger partial charge in [0, 0.05) is 6.61 Å². The van der Waals surface area contributed by atoms with Crippen LogP contribution in [-0.4, -0.2) is 17.8 Å². The van der Waals surface area contributed by atoms with Gasteiger partial charge < -0.3 is 9.84 Å². The molecule has 0 saturated heterocycles. The first kappa shape index (κ1) is 14.0. The standard InChI is InChI=1S/C15H24O2/c1-5-13(4)17-14-6-7-15(12(3)10-14)11(2)8-9-16/h6-7,10-11,13,16H,5,8-9H2,1-4H3. The first-order valence-corrected chi connectivity index (χ1v) is 6.46. The summed E-state index contributed by atoms with van der Waals surface area (Å²) in [6, 6.07) is 6.24. The molecule has 1 aromatic carbocycles. The van der Waals surface area contributed by atoms with Crippen molar-refractivity contribution < 1.29 is 9.84 Å².